The standard InChI is InChI=1S/C15H11Br2F2NO/c1-20(8-9-2-4-11(18)7-14(9)19)15(21)12-5-3-10(16)6-13(12)17/h2-7H,8H2,1H3. The molecule has 2 rings (SSSR count). The van der Waals surface area contributed by atoms with E-state index in [4.69, 9.17) is 0 Å². The number of carbonyl (C=O) groups is 1. The monoisotopic (exact) mass is 417 g/mol. The van der Waals surface area contributed by atoms with Gasteiger partial charge in [-0.3, -0.25) is 4.79 Å². The minimum atomic E-state index is -0.662. The summed E-state index contributed by atoms with van der Waals surface area (Å²) >= 11 is 6.64. The highest BCUT2D eigenvalue weighted by Gasteiger charge is 2.16. The molecule has 0 aliphatic rings. The third-order valence-corrected chi connectivity index (χ3v) is 4.08. The lowest BCUT2D eigenvalue weighted by Gasteiger charge is -2.18. The van der Waals surface area contributed by atoms with E-state index in [1.807, 2.05) is 0 Å². The Bertz CT molecular complexity index is 691. The first-order valence-electron chi connectivity index (χ1n) is 6.03. The first-order chi connectivity index (χ1) is 9.88. The van der Waals surface area contributed by atoms with Gasteiger partial charge in [0.05, 0.1) is 5.56 Å². The summed E-state index contributed by atoms with van der Waals surface area (Å²) < 4.78 is 28.0. The number of amides is 1. The maximum Gasteiger partial charge on any atom is 0.255 e. The molecule has 0 saturated heterocycles. The summed E-state index contributed by atoms with van der Waals surface area (Å²) in [6, 6.07) is 8.51. The fourth-order valence-corrected chi connectivity index (χ4v) is 3.06. The zero-order valence-corrected chi connectivity index (χ0v) is 14.2. The lowest BCUT2D eigenvalue weighted by molar-refractivity contribution is 0.0783. The Morgan fingerprint density at radius 3 is 2.48 bits per heavy atom. The molecule has 2 aromatic rings. The highest BCUT2D eigenvalue weighted by molar-refractivity contribution is 9.11. The van der Waals surface area contributed by atoms with Crippen LogP contribution in [-0.4, -0.2) is 17.9 Å². The van der Waals surface area contributed by atoms with Gasteiger partial charge >= 0.3 is 0 Å². The summed E-state index contributed by atoms with van der Waals surface area (Å²) in [4.78, 5) is 13.7. The van der Waals surface area contributed by atoms with E-state index in [1.165, 1.54) is 17.0 Å². The van der Waals surface area contributed by atoms with Crippen LogP contribution in [0.1, 0.15) is 15.9 Å². The molecule has 0 radical (unpaired) electrons. The van der Waals surface area contributed by atoms with Crippen molar-refractivity contribution in [3.63, 3.8) is 0 Å². The van der Waals surface area contributed by atoms with Crippen LogP contribution in [0.4, 0.5) is 8.78 Å². The second-order valence-corrected chi connectivity index (χ2v) is 6.29. The van der Waals surface area contributed by atoms with Crippen molar-refractivity contribution in [1.82, 2.24) is 4.90 Å². The molecule has 0 saturated carbocycles. The molecule has 0 aromatic heterocycles. The first kappa shape index (κ1) is 16.1. The molecule has 110 valence electrons. The quantitative estimate of drug-likeness (QED) is 0.703. The lowest BCUT2D eigenvalue weighted by Crippen LogP contribution is -2.27. The molecule has 0 atom stereocenters. The van der Waals surface area contributed by atoms with Crippen LogP contribution in [0.5, 0.6) is 0 Å². The molecule has 0 spiro atoms. The average Bonchev–Trinajstić information content (AvgIpc) is 2.41. The topological polar surface area (TPSA) is 20.3 Å². The van der Waals surface area contributed by atoms with Crippen LogP contribution in [0.2, 0.25) is 0 Å². The predicted molar refractivity (Wildman–Crippen MR) is 84.0 cm³/mol. The molecule has 0 fully saturated rings. The van der Waals surface area contributed by atoms with Gasteiger partial charge in [0.25, 0.3) is 5.91 Å². The van der Waals surface area contributed by atoms with Gasteiger partial charge in [-0.15, -0.1) is 0 Å². The molecule has 2 aromatic carbocycles. The van der Waals surface area contributed by atoms with Gasteiger partial charge in [0, 0.05) is 34.2 Å². The van der Waals surface area contributed by atoms with Crippen LogP contribution < -0.4 is 0 Å². The van der Waals surface area contributed by atoms with E-state index in [9.17, 15) is 13.6 Å². The van der Waals surface area contributed by atoms with Crippen molar-refractivity contribution in [3.05, 3.63) is 68.1 Å². The fourth-order valence-electron chi connectivity index (χ4n) is 1.85. The number of rotatable bonds is 3. The molecule has 0 aliphatic carbocycles. The minimum absolute atomic E-state index is 0.0629. The molecule has 0 unspecified atom stereocenters. The summed E-state index contributed by atoms with van der Waals surface area (Å²) in [5.41, 5.74) is 0.740. The Morgan fingerprint density at radius 2 is 1.86 bits per heavy atom. The highest BCUT2D eigenvalue weighted by Crippen LogP contribution is 2.23. The van der Waals surface area contributed by atoms with E-state index in [-0.39, 0.29) is 18.0 Å². The molecule has 2 nitrogen and oxygen atoms in total. The molecule has 0 N–H and O–H groups in total. The van der Waals surface area contributed by atoms with Gasteiger partial charge in [0.15, 0.2) is 0 Å². The zero-order valence-electron chi connectivity index (χ0n) is 11.0. The molecule has 6 heteroatoms. The van der Waals surface area contributed by atoms with Crippen molar-refractivity contribution in [3.8, 4) is 0 Å². The molecular formula is C15H11Br2F2NO. The van der Waals surface area contributed by atoms with E-state index in [2.05, 4.69) is 31.9 Å². The maximum absolute atomic E-state index is 13.6. The Kier molecular flexibility index (Phi) is 5.11. The Hall–Kier alpha value is -1.27. The first-order valence-corrected chi connectivity index (χ1v) is 7.61. The zero-order chi connectivity index (χ0) is 15.6. The van der Waals surface area contributed by atoms with E-state index >= 15 is 0 Å². The third kappa shape index (κ3) is 3.89. The number of benzene rings is 2. The van der Waals surface area contributed by atoms with Crippen LogP contribution in [0.25, 0.3) is 0 Å². The Balaban J connectivity index is 2.19. The molecular weight excluding hydrogens is 408 g/mol. The summed E-state index contributed by atoms with van der Waals surface area (Å²) in [6.07, 6.45) is 0. The number of nitrogens with zero attached hydrogens (tertiary/aromatic N) is 1. The maximum atomic E-state index is 13.6. The minimum Gasteiger partial charge on any atom is -0.337 e. The molecule has 21 heavy (non-hydrogen) atoms. The molecule has 0 bridgehead atoms. The van der Waals surface area contributed by atoms with Crippen molar-refractivity contribution in [1.29, 1.82) is 0 Å². The largest absolute Gasteiger partial charge is 0.337 e. The summed E-state index contributed by atoms with van der Waals surface area (Å²) in [6.45, 7) is 0.0629. The molecule has 0 aliphatic heterocycles. The van der Waals surface area contributed by atoms with Crippen molar-refractivity contribution in [2.24, 2.45) is 0 Å². The van der Waals surface area contributed by atoms with Crippen molar-refractivity contribution in [2.75, 3.05) is 7.05 Å². The number of carbonyl (C=O) groups excluding carboxylic acids is 1. The second-order valence-electron chi connectivity index (χ2n) is 4.52. The van der Waals surface area contributed by atoms with Crippen molar-refractivity contribution in [2.45, 2.75) is 6.54 Å². The van der Waals surface area contributed by atoms with E-state index in [0.29, 0.717) is 10.0 Å². The molecule has 0 heterocycles. The smallest absolute Gasteiger partial charge is 0.255 e. The summed E-state index contributed by atoms with van der Waals surface area (Å²) in [7, 11) is 1.57. The van der Waals surface area contributed by atoms with Crippen molar-refractivity contribution >= 4 is 37.8 Å². The Morgan fingerprint density at radius 1 is 1.14 bits per heavy atom. The van der Waals surface area contributed by atoms with Gasteiger partial charge in [-0.25, -0.2) is 8.78 Å². The SMILES string of the molecule is CN(Cc1ccc(F)cc1F)C(=O)c1ccc(Br)cc1Br. The third-order valence-electron chi connectivity index (χ3n) is 2.93. The van der Waals surface area contributed by atoms with E-state index in [1.54, 1.807) is 25.2 Å². The van der Waals surface area contributed by atoms with Gasteiger partial charge in [-0.05, 0) is 40.2 Å². The van der Waals surface area contributed by atoms with E-state index < -0.39 is 11.6 Å². The van der Waals surface area contributed by atoms with Gasteiger partial charge in [-0.1, -0.05) is 22.0 Å². The molecule has 1 amide bonds. The number of halogens is 4. The normalized spacial score (nSPS) is 10.5. The van der Waals surface area contributed by atoms with Crippen molar-refractivity contribution < 1.29 is 13.6 Å². The Labute approximate surface area is 138 Å². The lowest BCUT2D eigenvalue weighted by atomic mass is 10.1. The van der Waals surface area contributed by atoms with Gasteiger partial charge in [0.1, 0.15) is 11.6 Å². The van der Waals surface area contributed by atoms with E-state index in [0.717, 1.165) is 10.5 Å². The van der Waals surface area contributed by atoms with Crippen LogP contribution in [-0.2, 0) is 6.54 Å². The second kappa shape index (κ2) is 6.66. The highest BCUT2D eigenvalue weighted by atomic mass is 79.9. The van der Waals surface area contributed by atoms with Gasteiger partial charge < -0.3 is 4.90 Å². The fraction of sp³-hybridized carbons (Fsp3) is 0.133. The number of hydrogen-bond acceptors (Lipinski definition) is 1. The predicted octanol–water partition coefficient (Wildman–Crippen LogP) is 4.76. The number of hydrogen-bond donors (Lipinski definition) is 0. The van der Waals surface area contributed by atoms with Crippen LogP contribution in [0.3, 0.4) is 0 Å². The van der Waals surface area contributed by atoms with Gasteiger partial charge in [0.2, 0.25) is 0 Å². The van der Waals surface area contributed by atoms with Crippen LogP contribution in [0.15, 0.2) is 45.3 Å². The van der Waals surface area contributed by atoms with Crippen LogP contribution >= 0.6 is 31.9 Å². The van der Waals surface area contributed by atoms with Crippen LogP contribution in [0, 0.1) is 11.6 Å². The summed E-state index contributed by atoms with van der Waals surface area (Å²) in [5, 5.41) is 0. The summed E-state index contributed by atoms with van der Waals surface area (Å²) in [5.74, 6) is -1.55. The average molecular weight is 419 g/mol. The van der Waals surface area contributed by atoms with Gasteiger partial charge in [-0.2, -0.15) is 0 Å².